The van der Waals surface area contributed by atoms with Gasteiger partial charge in [-0.2, -0.15) is 5.10 Å². The maximum absolute atomic E-state index is 5.92. The van der Waals surface area contributed by atoms with Gasteiger partial charge in [-0.1, -0.05) is 0 Å². The third-order valence-electron chi connectivity index (χ3n) is 1.97. The molecule has 5 nitrogen and oxygen atoms in total. The van der Waals surface area contributed by atoms with Gasteiger partial charge in [0.2, 0.25) is 0 Å². The molecule has 0 aliphatic heterocycles. The monoisotopic (exact) mass is 286 g/mol. The van der Waals surface area contributed by atoms with Crippen molar-refractivity contribution >= 4 is 27.8 Å². The molecule has 1 aromatic heterocycles. The van der Waals surface area contributed by atoms with Crippen LogP contribution in [0.3, 0.4) is 0 Å². The highest BCUT2D eigenvalue weighted by atomic mass is 79.9. The van der Waals surface area contributed by atoms with Gasteiger partial charge in [0.25, 0.3) is 0 Å². The minimum atomic E-state index is 0.620. The minimum Gasteiger partial charge on any atom is -0.397 e. The van der Waals surface area contributed by atoms with E-state index in [2.05, 4.69) is 26.0 Å². The van der Waals surface area contributed by atoms with Crippen molar-refractivity contribution in [2.24, 2.45) is 10.7 Å². The van der Waals surface area contributed by atoms with Gasteiger partial charge in [0.05, 0.1) is 29.5 Å². The predicted octanol–water partition coefficient (Wildman–Crippen LogP) is 1.25. The van der Waals surface area contributed by atoms with Crippen molar-refractivity contribution < 1.29 is 4.74 Å². The zero-order valence-electron chi connectivity index (χ0n) is 9.35. The lowest BCUT2D eigenvalue weighted by molar-refractivity contribution is 0.183. The molecule has 1 rings (SSSR count). The van der Waals surface area contributed by atoms with Crippen LogP contribution in [-0.4, -0.2) is 36.8 Å². The third kappa shape index (κ3) is 3.46. The summed E-state index contributed by atoms with van der Waals surface area (Å²) in [5.74, 6) is 0. The van der Waals surface area contributed by atoms with Crippen molar-refractivity contribution in [3.63, 3.8) is 0 Å². The predicted molar refractivity (Wildman–Crippen MR) is 68.6 cm³/mol. The average Bonchev–Trinajstić information content (AvgIpc) is 2.74. The number of aliphatic imine (C=N–C) groups is 1. The highest BCUT2D eigenvalue weighted by molar-refractivity contribution is 9.12. The molecule has 0 atom stereocenters. The van der Waals surface area contributed by atoms with E-state index in [1.807, 2.05) is 6.20 Å². The van der Waals surface area contributed by atoms with Gasteiger partial charge in [-0.15, -0.1) is 0 Å². The lowest BCUT2D eigenvalue weighted by Crippen LogP contribution is -2.04. The first-order valence-electron chi connectivity index (χ1n) is 4.78. The van der Waals surface area contributed by atoms with E-state index in [1.165, 1.54) is 0 Å². The Morgan fingerprint density at radius 2 is 2.50 bits per heavy atom. The van der Waals surface area contributed by atoms with E-state index >= 15 is 0 Å². The van der Waals surface area contributed by atoms with Crippen LogP contribution in [0.15, 0.2) is 21.9 Å². The van der Waals surface area contributed by atoms with Crippen LogP contribution in [0.4, 0.5) is 0 Å². The highest BCUT2D eigenvalue weighted by Gasteiger charge is 2.04. The molecule has 0 aromatic carbocycles. The van der Waals surface area contributed by atoms with E-state index in [9.17, 15) is 0 Å². The van der Waals surface area contributed by atoms with Crippen LogP contribution >= 0.6 is 15.9 Å². The number of nitrogens with zero attached hydrogens (tertiary/aromatic N) is 3. The van der Waals surface area contributed by atoms with E-state index in [0.29, 0.717) is 18.8 Å². The number of halogens is 1. The number of nitrogens with two attached hydrogens (primary N) is 1. The van der Waals surface area contributed by atoms with Gasteiger partial charge >= 0.3 is 0 Å². The number of allylic oxidation sites excluding steroid dienone is 1. The Balaban J connectivity index is 2.81. The molecular weight excluding hydrogens is 272 g/mol. The summed E-state index contributed by atoms with van der Waals surface area (Å²) in [6.45, 7) is 1.34. The van der Waals surface area contributed by atoms with Gasteiger partial charge in [0.15, 0.2) is 0 Å². The Labute approximate surface area is 103 Å². The van der Waals surface area contributed by atoms with Crippen LogP contribution in [0, 0.1) is 0 Å². The number of methoxy groups -OCH3 is 1. The summed E-state index contributed by atoms with van der Waals surface area (Å²) < 4.78 is 7.50. The lowest BCUT2D eigenvalue weighted by Gasteiger charge is -2.00. The van der Waals surface area contributed by atoms with E-state index in [0.717, 1.165) is 10.0 Å². The molecule has 0 aliphatic rings. The Morgan fingerprint density at radius 1 is 1.75 bits per heavy atom. The van der Waals surface area contributed by atoms with Gasteiger partial charge < -0.3 is 10.5 Å². The topological polar surface area (TPSA) is 65.4 Å². The summed E-state index contributed by atoms with van der Waals surface area (Å²) in [7, 11) is 3.35. The fourth-order valence-electron chi connectivity index (χ4n) is 1.13. The van der Waals surface area contributed by atoms with Crippen molar-refractivity contribution in [3.8, 4) is 0 Å². The smallest absolute Gasteiger partial charge is 0.0658 e. The van der Waals surface area contributed by atoms with E-state index in [1.54, 1.807) is 31.3 Å². The quantitative estimate of drug-likeness (QED) is 0.829. The van der Waals surface area contributed by atoms with Crippen LogP contribution in [0.5, 0.6) is 0 Å². The van der Waals surface area contributed by atoms with E-state index in [-0.39, 0.29) is 0 Å². The van der Waals surface area contributed by atoms with Crippen molar-refractivity contribution in [2.75, 3.05) is 20.8 Å². The van der Waals surface area contributed by atoms with Crippen LogP contribution in [0.25, 0.3) is 5.70 Å². The summed E-state index contributed by atoms with van der Waals surface area (Å²) in [4.78, 5) is 3.88. The normalized spacial score (nSPS) is 13.2. The third-order valence-corrected chi connectivity index (χ3v) is 2.60. The number of hydrogen-bond donors (Lipinski definition) is 1. The molecule has 0 radical (unpaired) electrons. The van der Waals surface area contributed by atoms with E-state index < -0.39 is 0 Å². The molecule has 0 spiro atoms. The molecule has 0 bridgehead atoms. The van der Waals surface area contributed by atoms with Gasteiger partial charge in [0.1, 0.15) is 0 Å². The van der Waals surface area contributed by atoms with Crippen molar-refractivity contribution in [1.82, 2.24) is 9.78 Å². The van der Waals surface area contributed by atoms with Crippen molar-refractivity contribution in [2.45, 2.75) is 6.54 Å². The Hall–Kier alpha value is -1.14. The maximum Gasteiger partial charge on any atom is 0.0658 e. The van der Waals surface area contributed by atoms with Gasteiger partial charge in [0, 0.05) is 32.1 Å². The summed E-state index contributed by atoms with van der Waals surface area (Å²) in [6, 6.07) is 0. The van der Waals surface area contributed by atoms with Gasteiger partial charge in [-0.25, -0.2) is 0 Å². The van der Waals surface area contributed by atoms with Crippen LogP contribution in [0.2, 0.25) is 0 Å². The first-order chi connectivity index (χ1) is 7.69. The van der Waals surface area contributed by atoms with Crippen LogP contribution < -0.4 is 5.73 Å². The number of hydrogen-bond acceptors (Lipinski definition) is 4. The largest absolute Gasteiger partial charge is 0.397 e. The second-order valence-electron chi connectivity index (χ2n) is 3.13. The first-order valence-corrected chi connectivity index (χ1v) is 5.57. The van der Waals surface area contributed by atoms with Crippen LogP contribution in [0.1, 0.15) is 5.56 Å². The molecule has 1 heterocycles. The second-order valence-corrected chi connectivity index (χ2v) is 3.99. The molecular formula is C10H15BrN4O. The first kappa shape index (κ1) is 12.9. The number of rotatable bonds is 5. The molecule has 88 valence electrons. The molecule has 2 N–H and O–H groups in total. The lowest BCUT2D eigenvalue weighted by atomic mass is 10.2. The minimum absolute atomic E-state index is 0.620. The average molecular weight is 287 g/mol. The fourth-order valence-corrected chi connectivity index (χ4v) is 1.56. The molecule has 0 aliphatic carbocycles. The summed E-state index contributed by atoms with van der Waals surface area (Å²) in [5, 5.41) is 4.17. The molecule has 16 heavy (non-hydrogen) atoms. The molecule has 1 aromatic rings. The molecule has 0 amide bonds. The Kier molecular flexibility index (Phi) is 5.21. The molecule has 0 fully saturated rings. The summed E-state index contributed by atoms with van der Waals surface area (Å²) >= 11 is 3.35. The molecule has 0 saturated carbocycles. The van der Waals surface area contributed by atoms with Crippen molar-refractivity contribution in [1.29, 1.82) is 0 Å². The number of aromatic nitrogens is 2. The van der Waals surface area contributed by atoms with Gasteiger partial charge in [-0.3, -0.25) is 9.67 Å². The second kappa shape index (κ2) is 6.44. The van der Waals surface area contributed by atoms with Crippen molar-refractivity contribution in [3.05, 3.63) is 22.4 Å². The standard InChI is InChI=1S/C10H15BrN4O/c1-13-6-9(11)10(12)8-5-14-15(7-8)3-4-16-2/h5-7H,3-4,12H2,1-2H3. The molecule has 0 saturated heterocycles. The molecule has 6 heteroatoms. The molecule has 0 unspecified atom stereocenters. The fraction of sp³-hybridized carbons (Fsp3) is 0.400. The zero-order valence-corrected chi connectivity index (χ0v) is 10.9. The SMILES string of the molecule is CN=CC(Br)=C(N)c1cnn(CCOC)c1. The summed E-state index contributed by atoms with van der Waals surface area (Å²) in [6.07, 6.45) is 5.25. The number of ether oxygens (including phenoxy) is 1. The highest BCUT2D eigenvalue weighted by Crippen LogP contribution is 2.15. The Bertz CT molecular complexity index is 397. The Morgan fingerprint density at radius 3 is 3.12 bits per heavy atom. The maximum atomic E-state index is 5.92. The van der Waals surface area contributed by atoms with Crippen LogP contribution in [-0.2, 0) is 11.3 Å². The van der Waals surface area contributed by atoms with E-state index in [4.69, 9.17) is 10.5 Å². The zero-order chi connectivity index (χ0) is 12.0. The summed E-state index contributed by atoms with van der Waals surface area (Å²) in [5.41, 5.74) is 7.41. The van der Waals surface area contributed by atoms with Gasteiger partial charge in [-0.05, 0) is 15.9 Å².